The van der Waals surface area contributed by atoms with Crippen LogP contribution in [0.4, 0.5) is 0 Å². The molecule has 1 fully saturated rings. The van der Waals surface area contributed by atoms with Crippen molar-refractivity contribution in [3.63, 3.8) is 0 Å². The third-order valence-corrected chi connectivity index (χ3v) is 2.57. The lowest BCUT2D eigenvalue weighted by atomic mass is 10.2. The van der Waals surface area contributed by atoms with Crippen molar-refractivity contribution >= 4 is 5.91 Å². The van der Waals surface area contributed by atoms with E-state index in [-0.39, 0.29) is 5.91 Å². The van der Waals surface area contributed by atoms with Gasteiger partial charge in [-0.3, -0.25) is 4.79 Å². The summed E-state index contributed by atoms with van der Waals surface area (Å²) in [5, 5.41) is 6.00. The molecule has 1 atom stereocenters. The van der Waals surface area contributed by atoms with Crippen LogP contribution >= 0.6 is 0 Å². The number of hydrogen-bond donors (Lipinski definition) is 2. The minimum atomic E-state index is 0.126. The first-order valence-electron chi connectivity index (χ1n) is 4.85. The highest BCUT2D eigenvalue weighted by molar-refractivity contribution is 5.76. The highest BCUT2D eigenvalue weighted by Gasteiger charge is 2.19. The first-order valence-corrected chi connectivity index (χ1v) is 4.85. The Hall–Kier alpha value is -0.610. The molecule has 0 spiro atoms. The van der Waals surface area contributed by atoms with E-state index in [1.54, 1.807) is 7.05 Å². The predicted octanol–water partition coefficient (Wildman–Crippen LogP) is -0.584. The van der Waals surface area contributed by atoms with E-state index in [2.05, 4.69) is 22.6 Å². The third-order valence-electron chi connectivity index (χ3n) is 2.57. The maximum atomic E-state index is 11.2. The average molecular weight is 185 g/mol. The van der Waals surface area contributed by atoms with Crippen molar-refractivity contribution in [3.8, 4) is 0 Å². The first kappa shape index (κ1) is 10.5. The fraction of sp³-hybridized carbons (Fsp3) is 0.889. The molecular formula is C9H19N3O. The molecule has 1 rings (SSSR count). The molecule has 0 aromatic rings. The molecule has 13 heavy (non-hydrogen) atoms. The first-order chi connectivity index (χ1) is 6.24. The second-order valence-corrected chi connectivity index (χ2v) is 3.57. The smallest absolute Gasteiger partial charge is 0.221 e. The number of amides is 1. The summed E-state index contributed by atoms with van der Waals surface area (Å²) in [6.07, 6.45) is 1.76. The van der Waals surface area contributed by atoms with Gasteiger partial charge in [0, 0.05) is 26.1 Å². The van der Waals surface area contributed by atoms with Gasteiger partial charge in [0.15, 0.2) is 0 Å². The van der Waals surface area contributed by atoms with Crippen LogP contribution in [0.1, 0.15) is 12.8 Å². The Bertz CT molecular complexity index is 172. The van der Waals surface area contributed by atoms with Gasteiger partial charge in [0.05, 0.1) is 0 Å². The summed E-state index contributed by atoms with van der Waals surface area (Å²) in [6, 6.07) is 0.349. The summed E-state index contributed by atoms with van der Waals surface area (Å²) < 4.78 is 0. The molecule has 0 bridgehead atoms. The van der Waals surface area contributed by atoms with E-state index in [9.17, 15) is 4.79 Å². The molecule has 1 saturated heterocycles. The van der Waals surface area contributed by atoms with E-state index in [1.807, 2.05) is 0 Å². The second-order valence-electron chi connectivity index (χ2n) is 3.57. The molecule has 0 radical (unpaired) electrons. The Morgan fingerprint density at radius 2 is 2.46 bits per heavy atom. The third kappa shape index (κ3) is 3.32. The van der Waals surface area contributed by atoms with Crippen LogP contribution in [0.3, 0.4) is 0 Å². The van der Waals surface area contributed by atoms with E-state index in [1.165, 1.54) is 6.42 Å². The van der Waals surface area contributed by atoms with Gasteiger partial charge in [-0.2, -0.15) is 0 Å². The summed E-state index contributed by atoms with van der Waals surface area (Å²) in [6.45, 7) is 3.06. The van der Waals surface area contributed by atoms with Crippen LogP contribution in [0.5, 0.6) is 0 Å². The predicted molar refractivity (Wildman–Crippen MR) is 52.6 cm³/mol. The quantitative estimate of drug-likeness (QED) is 0.605. The van der Waals surface area contributed by atoms with Crippen molar-refractivity contribution in [1.29, 1.82) is 0 Å². The number of carbonyl (C=O) groups excluding carboxylic acids is 1. The molecule has 0 aromatic carbocycles. The van der Waals surface area contributed by atoms with Crippen LogP contribution < -0.4 is 10.6 Å². The van der Waals surface area contributed by atoms with Crippen molar-refractivity contribution in [2.45, 2.75) is 18.9 Å². The summed E-state index contributed by atoms with van der Waals surface area (Å²) in [5.41, 5.74) is 0. The second kappa shape index (κ2) is 5.19. The highest BCUT2D eigenvalue weighted by atomic mass is 16.1. The number of likely N-dealkylation sites (N-methyl/N-ethyl adjacent to an activating group) is 1. The van der Waals surface area contributed by atoms with Crippen molar-refractivity contribution < 1.29 is 4.79 Å². The largest absolute Gasteiger partial charge is 0.359 e. The van der Waals surface area contributed by atoms with Gasteiger partial charge in [0.25, 0.3) is 0 Å². The Balaban J connectivity index is 2.40. The lowest BCUT2D eigenvalue weighted by Gasteiger charge is -2.24. The zero-order chi connectivity index (χ0) is 9.68. The van der Waals surface area contributed by atoms with Crippen LogP contribution in [0.15, 0.2) is 0 Å². The minimum absolute atomic E-state index is 0.126. The molecule has 0 aromatic heterocycles. The van der Waals surface area contributed by atoms with E-state index in [0.29, 0.717) is 12.5 Å². The maximum absolute atomic E-state index is 11.2. The average Bonchev–Trinajstić information content (AvgIpc) is 2.32. The SMILES string of the molecule is CNC(=O)CC1CNCCCN1C. The molecule has 2 N–H and O–H groups in total. The number of nitrogens with one attached hydrogen (secondary N) is 2. The lowest BCUT2D eigenvalue weighted by Crippen LogP contribution is -2.40. The summed E-state index contributed by atoms with van der Waals surface area (Å²) >= 11 is 0. The van der Waals surface area contributed by atoms with Crippen molar-refractivity contribution in [2.75, 3.05) is 33.7 Å². The van der Waals surface area contributed by atoms with Gasteiger partial charge in [-0.05, 0) is 26.6 Å². The van der Waals surface area contributed by atoms with E-state index in [0.717, 1.165) is 19.6 Å². The Morgan fingerprint density at radius 3 is 3.15 bits per heavy atom. The zero-order valence-electron chi connectivity index (χ0n) is 8.47. The van der Waals surface area contributed by atoms with Gasteiger partial charge in [0.1, 0.15) is 0 Å². The molecule has 0 aliphatic carbocycles. The van der Waals surface area contributed by atoms with Crippen LogP contribution in [0.25, 0.3) is 0 Å². The van der Waals surface area contributed by atoms with Gasteiger partial charge in [-0.25, -0.2) is 0 Å². The van der Waals surface area contributed by atoms with Gasteiger partial charge in [-0.1, -0.05) is 0 Å². The molecule has 1 heterocycles. The molecule has 1 unspecified atom stereocenters. The van der Waals surface area contributed by atoms with Crippen LogP contribution in [0, 0.1) is 0 Å². The molecular weight excluding hydrogens is 166 g/mol. The number of rotatable bonds is 2. The van der Waals surface area contributed by atoms with Crippen LogP contribution in [0.2, 0.25) is 0 Å². The molecule has 1 aliphatic rings. The normalized spacial score (nSPS) is 25.2. The fourth-order valence-electron chi connectivity index (χ4n) is 1.60. The van der Waals surface area contributed by atoms with E-state index in [4.69, 9.17) is 0 Å². The van der Waals surface area contributed by atoms with Gasteiger partial charge >= 0.3 is 0 Å². The molecule has 76 valence electrons. The number of nitrogens with zero attached hydrogens (tertiary/aromatic N) is 1. The standard InChI is InChI=1S/C9H19N3O/c1-10-9(13)6-8-7-11-4-3-5-12(8)2/h8,11H,3-7H2,1-2H3,(H,10,13). The Kier molecular flexibility index (Phi) is 4.18. The number of carbonyl (C=O) groups is 1. The highest BCUT2D eigenvalue weighted by Crippen LogP contribution is 2.04. The summed E-state index contributed by atoms with van der Waals surface area (Å²) in [7, 11) is 3.77. The fourth-order valence-corrected chi connectivity index (χ4v) is 1.60. The van der Waals surface area contributed by atoms with Crippen molar-refractivity contribution in [1.82, 2.24) is 15.5 Å². The molecule has 0 saturated carbocycles. The topological polar surface area (TPSA) is 44.4 Å². The Labute approximate surface area is 79.7 Å². The summed E-state index contributed by atoms with van der Waals surface area (Å²) in [5.74, 6) is 0.126. The van der Waals surface area contributed by atoms with Crippen molar-refractivity contribution in [3.05, 3.63) is 0 Å². The van der Waals surface area contributed by atoms with Crippen LogP contribution in [-0.4, -0.2) is 50.6 Å². The van der Waals surface area contributed by atoms with Crippen LogP contribution in [-0.2, 0) is 4.79 Å². The monoisotopic (exact) mass is 185 g/mol. The lowest BCUT2D eigenvalue weighted by molar-refractivity contribution is -0.121. The molecule has 1 amide bonds. The van der Waals surface area contributed by atoms with Crippen molar-refractivity contribution in [2.24, 2.45) is 0 Å². The molecule has 1 aliphatic heterocycles. The molecule has 4 nitrogen and oxygen atoms in total. The number of hydrogen-bond acceptors (Lipinski definition) is 3. The molecule has 4 heteroatoms. The Morgan fingerprint density at radius 1 is 1.69 bits per heavy atom. The van der Waals surface area contributed by atoms with E-state index >= 15 is 0 Å². The zero-order valence-corrected chi connectivity index (χ0v) is 8.47. The van der Waals surface area contributed by atoms with Gasteiger partial charge in [0.2, 0.25) is 5.91 Å². The maximum Gasteiger partial charge on any atom is 0.221 e. The summed E-state index contributed by atoms with van der Waals surface area (Å²) in [4.78, 5) is 13.4. The minimum Gasteiger partial charge on any atom is -0.359 e. The van der Waals surface area contributed by atoms with E-state index < -0.39 is 0 Å². The van der Waals surface area contributed by atoms with Gasteiger partial charge in [-0.15, -0.1) is 0 Å². The van der Waals surface area contributed by atoms with Gasteiger partial charge < -0.3 is 15.5 Å².